The van der Waals surface area contributed by atoms with E-state index in [-0.39, 0.29) is 16.5 Å². The quantitative estimate of drug-likeness (QED) is 0.543. The zero-order chi connectivity index (χ0) is 21.2. The minimum Gasteiger partial charge on any atom is -0.496 e. The summed E-state index contributed by atoms with van der Waals surface area (Å²) in [6, 6.07) is 7.14. The third kappa shape index (κ3) is 4.51. The molecule has 1 unspecified atom stereocenters. The monoisotopic (exact) mass is 406 g/mol. The number of benzene rings is 2. The molecule has 28 heavy (non-hydrogen) atoms. The van der Waals surface area contributed by atoms with Gasteiger partial charge in [-0.15, -0.1) is 0 Å². The molecule has 1 atom stereocenters. The van der Waals surface area contributed by atoms with E-state index in [9.17, 15) is 18.5 Å². The lowest BCUT2D eigenvalue weighted by Gasteiger charge is -2.21. The standard InChI is InChI=1S/C20H26N2O5S/c1-12(2)17-11-18(14(4)9-19(17)27-6)15(5)21-28(25,26)20-10-16(22(23)24)8-7-13(20)3/h7-12,15,21H,1-6H3. The van der Waals surface area contributed by atoms with Gasteiger partial charge in [0, 0.05) is 18.2 Å². The van der Waals surface area contributed by atoms with Crippen molar-refractivity contribution in [1.82, 2.24) is 4.72 Å². The first kappa shape index (κ1) is 21.8. The fourth-order valence-electron chi connectivity index (χ4n) is 3.16. The lowest BCUT2D eigenvalue weighted by molar-refractivity contribution is -0.385. The van der Waals surface area contributed by atoms with E-state index in [1.807, 2.05) is 32.9 Å². The van der Waals surface area contributed by atoms with Crippen LogP contribution >= 0.6 is 0 Å². The second-order valence-corrected chi connectivity index (χ2v) is 8.84. The number of nitro groups is 1. The van der Waals surface area contributed by atoms with Crippen molar-refractivity contribution in [1.29, 1.82) is 0 Å². The molecule has 2 aromatic rings. The van der Waals surface area contributed by atoms with E-state index < -0.39 is 21.0 Å². The van der Waals surface area contributed by atoms with Gasteiger partial charge in [-0.05, 0) is 61.1 Å². The summed E-state index contributed by atoms with van der Waals surface area (Å²) < 4.78 is 33.9. The Kier molecular flexibility index (Phi) is 6.46. The van der Waals surface area contributed by atoms with Crippen molar-refractivity contribution in [3.63, 3.8) is 0 Å². The van der Waals surface area contributed by atoms with Gasteiger partial charge in [0.05, 0.1) is 16.9 Å². The maximum absolute atomic E-state index is 12.9. The van der Waals surface area contributed by atoms with Crippen LogP contribution in [0.15, 0.2) is 35.2 Å². The van der Waals surface area contributed by atoms with Crippen LogP contribution in [0.25, 0.3) is 0 Å². The molecule has 0 radical (unpaired) electrons. The van der Waals surface area contributed by atoms with Gasteiger partial charge in [-0.25, -0.2) is 13.1 Å². The third-order valence-electron chi connectivity index (χ3n) is 4.71. The smallest absolute Gasteiger partial charge is 0.270 e. The second kappa shape index (κ2) is 8.28. The van der Waals surface area contributed by atoms with Gasteiger partial charge in [-0.3, -0.25) is 10.1 Å². The maximum Gasteiger partial charge on any atom is 0.270 e. The van der Waals surface area contributed by atoms with Gasteiger partial charge in [0.1, 0.15) is 5.75 Å². The maximum atomic E-state index is 12.9. The van der Waals surface area contributed by atoms with Gasteiger partial charge in [0.15, 0.2) is 0 Å². The van der Waals surface area contributed by atoms with Crippen LogP contribution in [-0.2, 0) is 10.0 Å². The number of non-ortho nitro benzene ring substituents is 1. The normalized spacial score (nSPS) is 12.8. The number of methoxy groups -OCH3 is 1. The minimum atomic E-state index is -3.95. The van der Waals surface area contributed by atoms with Gasteiger partial charge < -0.3 is 4.74 Å². The molecule has 2 aromatic carbocycles. The molecular weight excluding hydrogens is 380 g/mol. The summed E-state index contributed by atoms with van der Waals surface area (Å²) >= 11 is 0. The fraction of sp³-hybridized carbons (Fsp3) is 0.400. The van der Waals surface area contributed by atoms with Crippen molar-refractivity contribution >= 4 is 15.7 Å². The number of aryl methyl sites for hydroxylation is 2. The van der Waals surface area contributed by atoms with E-state index in [0.717, 1.165) is 28.5 Å². The number of nitro benzene ring substituents is 1. The van der Waals surface area contributed by atoms with Crippen LogP contribution in [0.3, 0.4) is 0 Å². The van der Waals surface area contributed by atoms with Gasteiger partial charge >= 0.3 is 0 Å². The summed E-state index contributed by atoms with van der Waals surface area (Å²) in [5.41, 5.74) is 2.89. The summed E-state index contributed by atoms with van der Waals surface area (Å²) in [5.74, 6) is 0.970. The third-order valence-corrected chi connectivity index (χ3v) is 6.39. The highest BCUT2D eigenvalue weighted by Crippen LogP contribution is 2.33. The Morgan fingerprint density at radius 2 is 1.68 bits per heavy atom. The molecule has 0 heterocycles. The highest BCUT2D eigenvalue weighted by Gasteiger charge is 2.24. The van der Waals surface area contributed by atoms with Gasteiger partial charge in [-0.2, -0.15) is 0 Å². The molecule has 0 bridgehead atoms. The van der Waals surface area contributed by atoms with E-state index in [0.29, 0.717) is 5.56 Å². The zero-order valence-electron chi connectivity index (χ0n) is 16.9. The number of hydrogen-bond donors (Lipinski definition) is 1. The molecule has 0 aromatic heterocycles. The first-order chi connectivity index (χ1) is 13.0. The Morgan fingerprint density at radius 1 is 1.04 bits per heavy atom. The minimum absolute atomic E-state index is 0.0937. The molecule has 152 valence electrons. The van der Waals surface area contributed by atoms with Crippen LogP contribution in [0.4, 0.5) is 5.69 Å². The Balaban J connectivity index is 2.44. The molecule has 2 rings (SSSR count). The molecule has 1 N–H and O–H groups in total. The Labute approximate surface area is 165 Å². The molecule has 8 heteroatoms. The molecular formula is C20H26N2O5S. The first-order valence-corrected chi connectivity index (χ1v) is 10.4. The predicted molar refractivity (Wildman–Crippen MR) is 108 cm³/mol. The molecule has 0 aliphatic heterocycles. The van der Waals surface area contributed by atoms with E-state index >= 15 is 0 Å². The number of hydrogen-bond acceptors (Lipinski definition) is 5. The van der Waals surface area contributed by atoms with E-state index in [2.05, 4.69) is 4.72 Å². The lowest BCUT2D eigenvalue weighted by atomic mass is 9.94. The van der Waals surface area contributed by atoms with Crippen LogP contribution < -0.4 is 9.46 Å². The average molecular weight is 407 g/mol. The van der Waals surface area contributed by atoms with Crippen LogP contribution in [0, 0.1) is 24.0 Å². The van der Waals surface area contributed by atoms with Crippen molar-refractivity contribution < 1.29 is 18.1 Å². The van der Waals surface area contributed by atoms with Crippen molar-refractivity contribution in [2.24, 2.45) is 0 Å². The molecule has 0 amide bonds. The second-order valence-electron chi connectivity index (χ2n) is 7.16. The topological polar surface area (TPSA) is 98.5 Å². The van der Waals surface area contributed by atoms with Gasteiger partial charge in [0.25, 0.3) is 5.69 Å². The molecule has 0 spiro atoms. The first-order valence-electron chi connectivity index (χ1n) is 8.93. The molecule has 0 fully saturated rings. The van der Waals surface area contributed by atoms with Crippen molar-refractivity contribution in [2.75, 3.05) is 7.11 Å². The van der Waals surface area contributed by atoms with Crippen molar-refractivity contribution in [3.05, 3.63) is 62.7 Å². The summed E-state index contributed by atoms with van der Waals surface area (Å²) in [4.78, 5) is 10.3. The summed E-state index contributed by atoms with van der Waals surface area (Å²) in [6.07, 6.45) is 0. The Bertz CT molecular complexity index is 1000. The SMILES string of the molecule is COc1cc(C)c(C(C)NS(=O)(=O)c2cc([N+](=O)[O-])ccc2C)cc1C(C)C. The summed E-state index contributed by atoms with van der Waals surface area (Å²) in [6.45, 7) is 9.34. The van der Waals surface area contributed by atoms with Gasteiger partial charge in [-0.1, -0.05) is 19.9 Å². The van der Waals surface area contributed by atoms with E-state index in [4.69, 9.17) is 4.74 Å². The number of nitrogens with zero attached hydrogens (tertiary/aromatic N) is 1. The average Bonchev–Trinajstić information content (AvgIpc) is 2.60. The van der Waals surface area contributed by atoms with Crippen LogP contribution in [0.1, 0.15) is 55.0 Å². The highest BCUT2D eigenvalue weighted by molar-refractivity contribution is 7.89. The number of rotatable bonds is 7. The molecule has 0 aliphatic carbocycles. The zero-order valence-corrected chi connectivity index (χ0v) is 17.8. The fourth-order valence-corrected chi connectivity index (χ4v) is 4.65. The summed E-state index contributed by atoms with van der Waals surface area (Å²) in [5, 5.41) is 11.0. The Hall–Kier alpha value is -2.45. The number of nitrogens with one attached hydrogen (secondary N) is 1. The predicted octanol–water partition coefficient (Wildman–Crippen LogP) is 4.38. The largest absolute Gasteiger partial charge is 0.496 e. The van der Waals surface area contributed by atoms with Crippen molar-refractivity contribution in [2.45, 2.75) is 51.5 Å². The van der Waals surface area contributed by atoms with Gasteiger partial charge in [0.2, 0.25) is 10.0 Å². The molecule has 7 nitrogen and oxygen atoms in total. The van der Waals surface area contributed by atoms with Crippen LogP contribution in [-0.4, -0.2) is 20.5 Å². The molecule has 0 aliphatic rings. The van der Waals surface area contributed by atoms with Crippen LogP contribution in [0.5, 0.6) is 5.75 Å². The van der Waals surface area contributed by atoms with E-state index in [1.54, 1.807) is 21.0 Å². The van der Waals surface area contributed by atoms with Crippen molar-refractivity contribution in [3.8, 4) is 5.75 Å². The van der Waals surface area contributed by atoms with Crippen LogP contribution in [0.2, 0.25) is 0 Å². The van der Waals surface area contributed by atoms with E-state index in [1.165, 1.54) is 12.1 Å². The molecule has 0 saturated heterocycles. The lowest BCUT2D eigenvalue weighted by Crippen LogP contribution is -2.28. The highest BCUT2D eigenvalue weighted by atomic mass is 32.2. The summed E-state index contributed by atoms with van der Waals surface area (Å²) in [7, 11) is -2.34. The molecule has 0 saturated carbocycles. The number of ether oxygens (including phenoxy) is 1. The Morgan fingerprint density at radius 3 is 2.21 bits per heavy atom. The number of sulfonamides is 1.